The van der Waals surface area contributed by atoms with Crippen molar-refractivity contribution in [3.63, 3.8) is 0 Å². The number of hydrogen-bond donors (Lipinski definition) is 3. The molecule has 5 nitrogen and oxygen atoms in total. The van der Waals surface area contributed by atoms with Crippen LogP contribution in [0.25, 0.3) is 0 Å². The van der Waals surface area contributed by atoms with E-state index in [1.807, 2.05) is 31.2 Å². The van der Waals surface area contributed by atoms with Crippen molar-refractivity contribution in [2.75, 3.05) is 0 Å². The van der Waals surface area contributed by atoms with Crippen LogP contribution in [0.2, 0.25) is 0 Å². The summed E-state index contributed by atoms with van der Waals surface area (Å²) in [6, 6.07) is 14.5. The Labute approximate surface area is 129 Å². The van der Waals surface area contributed by atoms with E-state index in [9.17, 15) is 9.59 Å². The summed E-state index contributed by atoms with van der Waals surface area (Å²) in [6.45, 7) is 2.86. The molecule has 0 aromatic heterocycles. The summed E-state index contributed by atoms with van der Waals surface area (Å²) < 4.78 is 0. The highest BCUT2D eigenvalue weighted by atomic mass is 16.2. The smallest absolute Gasteiger partial charge is 0.312 e. The Morgan fingerprint density at radius 1 is 0.955 bits per heavy atom. The van der Waals surface area contributed by atoms with E-state index >= 15 is 0 Å². The van der Waals surface area contributed by atoms with E-state index in [2.05, 4.69) is 10.6 Å². The normalized spacial score (nSPS) is 10.0. The predicted octanol–water partition coefficient (Wildman–Crippen LogP) is 2.09. The van der Waals surface area contributed by atoms with Crippen LogP contribution in [0.5, 0.6) is 0 Å². The van der Waals surface area contributed by atoms with Gasteiger partial charge in [-0.25, -0.2) is 4.79 Å². The summed E-state index contributed by atoms with van der Waals surface area (Å²) >= 11 is 0. The van der Waals surface area contributed by atoms with Gasteiger partial charge in [-0.1, -0.05) is 42.0 Å². The first-order valence-electron chi connectivity index (χ1n) is 7.00. The van der Waals surface area contributed by atoms with Crippen molar-refractivity contribution in [1.29, 1.82) is 0 Å². The lowest BCUT2D eigenvalue weighted by Crippen LogP contribution is -2.28. The fourth-order valence-electron chi connectivity index (χ4n) is 2.07. The van der Waals surface area contributed by atoms with Crippen molar-refractivity contribution in [1.82, 2.24) is 10.6 Å². The van der Waals surface area contributed by atoms with Crippen LogP contribution in [0.4, 0.5) is 4.79 Å². The SMILES string of the molecule is Cc1cccc(CNC(=O)c2ccc(CNC(N)=O)cc2)c1. The van der Waals surface area contributed by atoms with Gasteiger partial charge in [-0.3, -0.25) is 4.79 Å². The number of benzene rings is 2. The van der Waals surface area contributed by atoms with Gasteiger partial charge in [0.25, 0.3) is 5.91 Å². The number of rotatable bonds is 5. The number of carbonyl (C=O) groups is 2. The van der Waals surface area contributed by atoms with E-state index in [0.717, 1.165) is 16.7 Å². The van der Waals surface area contributed by atoms with Gasteiger partial charge in [-0.15, -0.1) is 0 Å². The van der Waals surface area contributed by atoms with Gasteiger partial charge in [0.15, 0.2) is 0 Å². The van der Waals surface area contributed by atoms with Crippen LogP contribution >= 0.6 is 0 Å². The number of carbonyl (C=O) groups excluding carboxylic acids is 2. The maximum atomic E-state index is 12.1. The average Bonchev–Trinajstić information content (AvgIpc) is 2.51. The zero-order valence-corrected chi connectivity index (χ0v) is 12.4. The van der Waals surface area contributed by atoms with Crippen LogP contribution in [-0.2, 0) is 13.1 Å². The molecule has 0 aliphatic rings. The van der Waals surface area contributed by atoms with Crippen LogP contribution in [0.15, 0.2) is 48.5 Å². The second kappa shape index (κ2) is 7.26. The quantitative estimate of drug-likeness (QED) is 0.789. The molecule has 0 atom stereocenters. The van der Waals surface area contributed by atoms with Crippen molar-refractivity contribution in [3.05, 3.63) is 70.8 Å². The molecule has 0 radical (unpaired) electrons. The van der Waals surface area contributed by atoms with Crippen molar-refractivity contribution in [2.24, 2.45) is 5.73 Å². The van der Waals surface area contributed by atoms with Gasteiger partial charge in [-0.05, 0) is 30.2 Å². The average molecular weight is 297 g/mol. The summed E-state index contributed by atoms with van der Waals surface area (Å²) in [7, 11) is 0. The molecular formula is C17H19N3O2. The van der Waals surface area contributed by atoms with Gasteiger partial charge < -0.3 is 16.4 Å². The lowest BCUT2D eigenvalue weighted by atomic mass is 10.1. The number of amides is 3. The highest BCUT2D eigenvalue weighted by molar-refractivity contribution is 5.94. The van der Waals surface area contributed by atoms with Gasteiger partial charge in [0.1, 0.15) is 0 Å². The maximum Gasteiger partial charge on any atom is 0.312 e. The highest BCUT2D eigenvalue weighted by Gasteiger charge is 2.05. The van der Waals surface area contributed by atoms with Crippen LogP contribution < -0.4 is 16.4 Å². The summed E-state index contributed by atoms with van der Waals surface area (Å²) in [5.41, 5.74) is 8.70. The van der Waals surface area contributed by atoms with Crippen molar-refractivity contribution in [3.8, 4) is 0 Å². The first-order valence-corrected chi connectivity index (χ1v) is 7.00. The fraction of sp³-hybridized carbons (Fsp3) is 0.176. The lowest BCUT2D eigenvalue weighted by molar-refractivity contribution is 0.0951. The molecular weight excluding hydrogens is 278 g/mol. The van der Waals surface area contributed by atoms with E-state index in [1.165, 1.54) is 0 Å². The van der Waals surface area contributed by atoms with E-state index in [-0.39, 0.29) is 5.91 Å². The minimum Gasteiger partial charge on any atom is -0.352 e. The van der Waals surface area contributed by atoms with Crippen molar-refractivity contribution >= 4 is 11.9 Å². The van der Waals surface area contributed by atoms with Crippen LogP contribution in [0.3, 0.4) is 0 Å². The number of primary amides is 1. The van der Waals surface area contributed by atoms with E-state index < -0.39 is 6.03 Å². The van der Waals surface area contributed by atoms with Crippen LogP contribution in [0.1, 0.15) is 27.0 Å². The molecule has 0 saturated heterocycles. The minimum atomic E-state index is -0.569. The van der Waals surface area contributed by atoms with Crippen LogP contribution in [-0.4, -0.2) is 11.9 Å². The Kier molecular flexibility index (Phi) is 5.14. The highest BCUT2D eigenvalue weighted by Crippen LogP contribution is 2.06. The molecule has 0 aliphatic heterocycles. The summed E-state index contributed by atoms with van der Waals surface area (Å²) in [6.07, 6.45) is 0. The Bertz CT molecular complexity index is 666. The number of aryl methyl sites for hydroxylation is 1. The third-order valence-electron chi connectivity index (χ3n) is 3.22. The van der Waals surface area contributed by atoms with E-state index in [0.29, 0.717) is 18.7 Å². The molecule has 2 aromatic carbocycles. The number of urea groups is 1. The lowest BCUT2D eigenvalue weighted by Gasteiger charge is -2.07. The molecule has 5 heteroatoms. The molecule has 114 valence electrons. The second-order valence-corrected chi connectivity index (χ2v) is 5.09. The Balaban J connectivity index is 1.91. The van der Waals surface area contributed by atoms with Gasteiger partial charge in [-0.2, -0.15) is 0 Å². The number of hydrogen-bond acceptors (Lipinski definition) is 2. The van der Waals surface area contributed by atoms with Gasteiger partial charge in [0.05, 0.1) is 0 Å². The zero-order valence-electron chi connectivity index (χ0n) is 12.4. The minimum absolute atomic E-state index is 0.129. The molecule has 3 amide bonds. The molecule has 0 spiro atoms. The van der Waals surface area contributed by atoms with E-state index in [1.54, 1.807) is 24.3 Å². The molecule has 0 fully saturated rings. The predicted molar refractivity (Wildman–Crippen MR) is 85.2 cm³/mol. The molecule has 2 rings (SSSR count). The molecule has 0 heterocycles. The Morgan fingerprint density at radius 3 is 2.27 bits per heavy atom. The van der Waals surface area contributed by atoms with Gasteiger partial charge in [0, 0.05) is 18.7 Å². The zero-order chi connectivity index (χ0) is 15.9. The monoisotopic (exact) mass is 297 g/mol. The molecule has 22 heavy (non-hydrogen) atoms. The molecule has 2 aromatic rings. The molecule has 0 aliphatic carbocycles. The maximum absolute atomic E-state index is 12.1. The third kappa shape index (κ3) is 4.63. The first kappa shape index (κ1) is 15.6. The molecule has 0 bridgehead atoms. The second-order valence-electron chi connectivity index (χ2n) is 5.09. The molecule has 0 saturated carbocycles. The van der Waals surface area contributed by atoms with Crippen molar-refractivity contribution < 1.29 is 9.59 Å². The summed E-state index contributed by atoms with van der Waals surface area (Å²) in [4.78, 5) is 22.7. The number of nitrogens with two attached hydrogens (primary N) is 1. The Morgan fingerprint density at radius 2 is 1.64 bits per heavy atom. The topological polar surface area (TPSA) is 84.2 Å². The summed E-state index contributed by atoms with van der Waals surface area (Å²) in [5, 5.41) is 5.38. The van der Waals surface area contributed by atoms with Gasteiger partial charge >= 0.3 is 6.03 Å². The molecule has 4 N–H and O–H groups in total. The van der Waals surface area contributed by atoms with Crippen molar-refractivity contribution in [2.45, 2.75) is 20.0 Å². The van der Waals surface area contributed by atoms with E-state index in [4.69, 9.17) is 5.73 Å². The summed E-state index contributed by atoms with van der Waals surface area (Å²) in [5.74, 6) is -0.129. The van der Waals surface area contributed by atoms with Crippen LogP contribution in [0, 0.1) is 6.92 Å². The molecule has 0 unspecified atom stereocenters. The third-order valence-corrected chi connectivity index (χ3v) is 3.22. The Hall–Kier alpha value is -2.82. The number of nitrogens with one attached hydrogen (secondary N) is 2. The van der Waals surface area contributed by atoms with Gasteiger partial charge in [0.2, 0.25) is 0 Å². The largest absolute Gasteiger partial charge is 0.352 e. The first-order chi connectivity index (χ1) is 10.5. The fourth-order valence-corrected chi connectivity index (χ4v) is 2.07. The standard InChI is InChI=1S/C17H19N3O2/c1-12-3-2-4-14(9-12)11-19-16(21)15-7-5-13(6-8-15)10-20-17(18)22/h2-9H,10-11H2,1H3,(H,19,21)(H3,18,20,22).